The van der Waals surface area contributed by atoms with E-state index in [1.54, 1.807) is 6.07 Å². The van der Waals surface area contributed by atoms with E-state index in [2.05, 4.69) is 15.3 Å². The maximum absolute atomic E-state index is 12.9. The molecule has 9 heteroatoms. The molecular formula is C20H20F3N5S. The molecule has 2 heterocycles. The number of aromatic nitrogens is 2. The van der Waals surface area contributed by atoms with Crippen LogP contribution >= 0.6 is 12.2 Å². The maximum atomic E-state index is 12.9. The molecule has 1 aliphatic heterocycles. The van der Waals surface area contributed by atoms with Crippen LogP contribution in [0.15, 0.2) is 42.5 Å². The molecule has 0 unspecified atom stereocenters. The van der Waals surface area contributed by atoms with Gasteiger partial charge < -0.3 is 20.1 Å². The van der Waals surface area contributed by atoms with E-state index in [9.17, 15) is 13.2 Å². The quantitative estimate of drug-likeness (QED) is 0.603. The van der Waals surface area contributed by atoms with Crippen molar-refractivity contribution in [2.45, 2.75) is 13.1 Å². The number of imidazole rings is 1. The van der Waals surface area contributed by atoms with Crippen molar-refractivity contribution < 1.29 is 13.2 Å². The number of fused-ring (bicyclic) bond motifs is 1. The molecule has 0 atom stereocenters. The van der Waals surface area contributed by atoms with E-state index in [1.165, 1.54) is 12.1 Å². The largest absolute Gasteiger partial charge is 0.416 e. The van der Waals surface area contributed by atoms with Gasteiger partial charge in [0.2, 0.25) is 5.95 Å². The number of alkyl halides is 3. The monoisotopic (exact) mass is 419 g/mol. The molecule has 152 valence electrons. The lowest BCUT2D eigenvalue weighted by atomic mass is 10.1. The van der Waals surface area contributed by atoms with Crippen LogP contribution in [0.5, 0.6) is 0 Å². The minimum absolute atomic E-state index is 0.546. The molecule has 1 aromatic heterocycles. The van der Waals surface area contributed by atoms with Gasteiger partial charge in [0.1, 0.15) is 0 Å². The van der Waals surface area contributed by atoms with Gasteiger partial charge in [0.05, 0.1) is 16.6 Å². The van der Waals surface area contributed by atoms with Gasteiger partial charge in [-0.25, -0.2) is 4.98 Å². The van der Waals surface area contributed by atoms with Crippen molar-refractivity contribution in [3.8, 4) is 0 Å². The van der Waals surface area contributed by atoms with Crippen molar-refractivity contribution in [1.29, 1.82) is 0 Å². The Hall–Kier alpha value is -2.81. The number of aryl methyl sites for hydroxylation is 1. The Morgan fingerprint density at radius 1 is 1.10 bits per heavy atom. The van der Waals surface area contributed by atoms with Gasteiger partial charge >= 0.3 is 6.18 Å². The summed E-state index contributed by atoms with van der Waals surface area (Å²) in [5, 5.41) is 3.67. The normalized spacial score (nSPS) is 15.0. The van der Waals surface area contributed by atoms with E-state index in [1.807, 2.05) is 34.9 Å². The first-order chi connectivity index (χ1) is 13.8. The Morgan fingerprint density at radius 3 is 2.59 bits per heavy atom. The first-order valence-electron chi connectivity index (χ1n) is 9.24. The highest BCUT2D eigenvalue weighted by atomic mass is 32.1. The van der Waals surface area contributed by atoms with Crippen LogP contribution in [-0.4, -0.2) is 46.2 Å². The average molecular weight is 419 g/mol. The molecule has 1 fully saturated rings. The molecule has 0 amide bonds. The van der Waals surface area contributed by atoms with E-state index >= 15 is 0 Å². The van der Waals surface area contributed by atoms with Gasteiger partial charge in [-0.15, -0.1) is 0 Å². The number of rotatable bonds is 2. The Bertz CT molecular complexity index is 1040. The molecule has 0 aliphatic carbocycles. The van der Waals surface area contributed by atoms with Crippen LogP contribution in [0.2, 0.25) is 0 Å². The second-order valence-electron chi connectivity index (χ2n) is 7.06. The number of halogens is 3. The zero-order valence-electron chi connectivity index (χ0n) is 15.8. The van der Waals surface area contributed by atoms with E-state index in [0.717, 1.165) is 22.7 Å². The minimum atomic E-state index is -4.34. The molecule has 29 heavy (non-hydrogen) atoms. The third-order valence-electron chi connectivity index (χ3n) is 4.97. The third kappa shape index (κ3) is 4.29. The summed E-state index contributed by atoms with van der Waals surface area (Å²) < 4.78 is 38.8. The van der Waals surface area contributed by atoms with Crippen molar-refractivity contribution in [3.63, 3.8) is 0 Å². The number of hydrogen-bond donors (Lipinski definition) is 2. The zero-order valence-corrected chi connectivity index (χ0v) is 16.6. The number of benzene rings is 2. The Balaban J connectivity index is 1.38. The molecule has 0 radical (unpaired) electrons. The lowest BCUT2D eigenvalue weighted by Gasteiger charge is -2.37. The summed E-state index contributed by atoms with van der Waals surface area (Å²) in [4.78, 5) is 11.6. The van der Waals surface area contributed by atoms with E-state index in [-0.39, 0.29) is 0 Å². The molecule has 0 bridgehead atoms. The highest BCUT2D eigenvalue weighted by Crippen LogP contribution is 2.31. The summed E-state index contributed by atoms with van der Waals surface area (Å²) in [6, 6.07) is 11.4. The molecule has 5 nitrogen and oxygen atoms in total. The smallest absolute Gasteiger partial charge is 0.368 e. The second kappa shape index (κ2) is 7.55. The van der Waals surface area contributed by atoms with Gasteiger partial charge in [-0.1, -0.05) is 12.1 Å². The number of anilines is 2. The summed E-state index contributed by atoms with van der Waals surface area (Å²) in [6.07, 6.45) is -4.34. The molecule has 2 N–H and O–H groups in total. The fraction of sp³-hybridized carbons (Fsp3) is 0.300. The molecule has 1 aliphatic rings. The van der Waals surface area contributed by atoms with Crippen LogP contribution in [0.1, 0.15) is 11.1 Å². The molecular weight excluding hydrogens is 399 g/mol. The SMILES string of the molecule is Cc1ccc2nc(NC(=S)N3CCN(c4cccc(C(F)(F)F)c4)CC3)[nH]c2c1. The fourth-order valence-corrected chi connectivity index (χ4v) is 3.69. The van der Waals surface area contributed by atoms with Gasteiger partial charge in [-0.05, 0) is 55.0 Å². The van der Waals surface area contributed by atoms with Gasteiger partial charge in [0.25, 0.3) is 0 Å². The minimum Gasteiger partial charge on any atom is -0.368 e. The van der Waals surface area contributed by atoms with E-state index < -0.39 is 11.7 Å². The predicted octanol–water partition coefficient (Wildman–Crippen LogP) is 4.41. The summed E-state index contributed by atoms with van der Waals surface area (Å²) in [5.41, 5.74) is 2.88. The van der Waals surface area contributed by atoms with Crippen molar-refractivity contribution in [2.75, 3.05) is 36.4 Å². The number of thiocarbonyl (C=S) groups is 1. The summed E-state index contributed by atoms with van der Waals surface area (Å²) >= 11 is 5.50. The molecule has 0 saturated carbocycles. The van der Waals surface area contributed by atoms with Gasteiger partial charge in [-0.2, -0.15) is 13.2 Å². The molecule has 0 spiro atoms. The maximum Gasteiger partial charge on any atom is 0.416 e. The Labute approximate surface area is 171 Å². The van der Waals surface area contributed by atoms with Crippen LogP contribution in [0, 0.1) is 6.92 Å². The van der Waals surface area contributed by atoms with Gasteiger partial charge in [0, 0.05) is 31.9 Å². The van der Waals surface area contributed by atoms with E-state index in [4.69, 9.17) is 12.2 Å². The van der Waals surface area contributed by atoms with Crippen molar-refractivity contribution in [3.05, 3.63) is 53.6 Å². The van der Waals surface area contributed by atoms with Crippen LogP contribution in [-0.2, 0) is 6.18 Å². The Morgan fingerprint density at radius 2 is 1.86 bits per heavy atom. The number of nitrogens with zero attached hydrogens (tertiary/aromatic N) is 3. The van der Waals surface area contributed by atoms with Crippen LogP contribution in [0.3, 0.4) is 0 Å². The number of aromatic amines is 1. The number of hydrogen-bond acceptors (Lipinski definition) is 3. The summed E-state index contributed by atoms with van der Waals surface area (Å²) in [7, 11) is 0. The number of piperazine rings is 1. The highest BCUT2D eigenvalue weighted by molar-refractivity contribution is 7.80. The predicted molar refractivity (Wildman–Crippen MR) is 112 cm³/mol. The van der Waals surface area contributed by atoms with Gasteiger partial charge in [-0.3, -0.25) is 0 Å². The lowest BCUT2D eigenvalue weighted by molar-refractivity contribution is -0.137. The summed E-state index contributed by atoms with van der Waals surface area (Å²) in [6.45, 7) is 4.41. The van der Waals surface area contributed by atoms with Crippen molar-refractivity contribution in [1.82, 2.24) is 14.9 Å². The van der Waals surface area contributed by atoms with Crippen LogP contribution < -0.4 is 10.2 Å². The zero-order chi connectivity index (χ0) is 20.6. The first kappa shape index (κ1) is 19.5. The number of nitrogens with one attached hydrogen (secondary N) is 2. The topological polar surface area (TPSA) is 47.2 Å². The van der Waals surface area contributed by atoms with Crippen molar-refractivity contribution in [2.24, 2.45) is 0 Å². The average Bonchev–Trinajstić information content (AvgIpc) is 3.09. The molecule has 4 rings (SSSR count). The van der Waals surface area contributed by atoms with Gasteiger partial charge in [0.15, 0.2) is 5.11 Å². The standard InChI is InChI=1S/C20H20F3N5S/c1-13-5-6-16-17(11-13)25-18(24-16)26-19(29)28-9-7-27(8-10-28)15-4-2-3-14(12-15)20(21,22)23/h2-6,11-12H,7-10H2,1H3,(H2,24,25,26,29). The first-order valence-corrected chi connectivity index (χ1v) is 9.65. The molecule has 1 saturated heterocycles. The second-order valence-corrected chi connectivity index (χ2v) is 7.45. The third-order valence-corrected chi connectivity index (χ3v) is 5.33. The molecule has 3 aromatic rings. The van der Waals surface area contributed by atoms with E-state index in [0.29, 0.717) is 42.9 Å². The van der Waals surface area contributed by atoms with Crippen molar-refractivity contribution >= 4 is 40.0 Å². The summed E-state index contributed by atoms with van der Waals surface area (Å²) in [5.74, 6) is 0.580. The van der Waals surface area contributed by atoms with Crippen LogP contribution in [0.4, 0.5) is 24.8 Å². The Kier molecular flexibility index (Phi) is 5.08. The number of H-pyrrole nitrogens is 1. The molecule has 2 aromatic carbocycles. The lowest BCUT2D eigenvalue weighted by Crippen LogP contribution is -2.50. The highest BCUT2D eigenvalue weighted by Gasteiger charge is 2.31. The fourth-order valence-electron chi connectivity index (χ4n) is 3.41. The van der Waals surface area contributed by atoms with Crippen LogP contribution in [0.25, 0.3) is 11.0 Å².